The molecule has 0 spiro atoms. The number of methoxy groups -OCH3 is 1. The molecule has 2 unspecified atom stereocenters. The maximum absolute atomic E-state index is 13.3. The van der Waals surface area contributed by atoms with E-state index < -0.39 is 29.6 Å². The molecule has 1 aliphatic heterocycles. The van der Waals surface area contributed by atoms with Crippen molar-refractivity contribution in [1.82, 2.24) is 10.2 Å². The zero-order valence-corrected chi connectivity index (χ0v) is 19.0. The molecule has 0 radical (unpaired) electrons. The van der Waals surface area contributed by atoms with Crippen LogP contribution in [0.1, 0.15) is 36.3 Å². The van der Waals surface area contributed by atoms with Crippen LogP contribution >= 0.6 is 0 Å². The number of carbonyl (C=O) groups is 3. The molecule has 2 N–H and O–H groups in total. The molecule has 1 saturated heterocycles. The van der Waals surface area contributed by atoms with Crippen molar-refractivity contribution < 1.29 is 29.0 Å². The number of fused-ring (bicyclic) bond motifs is 3. The summed E-state index contributed by atoms with van der Waals surface area (Å²) in [7, 11) is 1.45. The van der Waals surface area contributed by atoms with Gasteiger partial charge in [0, 0.05) is 26.1 Å². The largest absolute Gasteiger partial charge is 0.481 e. The number of ether oxygens (including phenoxy) is 2. The van der Waals surface area contributed by atoms with Gasteiger partial charge in [0.1, 0.15) is 18.1 Å². The summed E-state index contributed by atoms with van der Waals surface area (Å²) in [4.78, 5) is 39.2. The molecule has 3 aliphatic rings. The standard InChI is InChI=1S/C26H28N2O6/c1-33-22-14-28(13-20(22)23(29)30)24(31)26(11-6-12-26)27-25(32)34-15-21-18-9-4-2-7-16(18)17-8-3-5-10-19(17)21/h2-5,7-10,20-22H,6,11-15H2,1H3,(H,27,32)(H,29,30). The molecule has 2 atom stereocenters. The maximum atomic E-state index is 13.3. The first kappa shape index (κ1) is 22.4. The number of rotatable bonds is 6. The van der Waals surface area contributed by atoms with Crippen LogP contribution in [-0.2, 0) is 19.1 Å². The summed E-state index contributed by atoms with van der Waals surface area (Å²) >= 11 is 0. The van der Waals surface area contributed by atoms with Gasteiger partial charge in [-0.2, -0.15) is 0 Å². The normalized spacial score (nSPS) is 22.4. The lowest BCUT2D eigenvalue weighted by Gasteiger charge is -2.42. The van der Waals surface area contributed by atoms with Gasteiger partial charge in [-0.15, -0.1) is 0 Å². The van der Waals surface area contributed by atoms with Gasteiger partial charge in [-0.25, -0.2) is 4.79 Å². The minimum absolute atomic E-state index is 0.0661. The van der Waals surface area contributed by atoms with Crippen molar-refractivity contribution in [3.05, 3.63) is 59.7 Å². The fraction of sp³-hybridized carbons (Fsp3) is 0.423. The summed E-state index contributed by atoms with van der Waals surface area (Å²) in [5, 5.41) is 12.3. The van der Waals surface area contributed by atoms with Gasteiger partial charge in [-0.3, -0.25) is 9.59 Å². The van der Waals surface area contributed by atoms with Crippen LogP contribution in [-0.4, -0.2) is 66.4 Å². The van der Waals surface area contributed by atoms with E-state index in [0.717, 1.165) is 28.7 Å². The lowest BCUT2D eigenvalue weighted by molar-refractivity contribution is -0.144. The molecule has 2 aliphatic carbocycles. The number of carboxylic acids is 1. The Kier molecular flexibility index (Phi) is 5.77. The highest BCUT2D eigenvalue weighted by atomic mass is 16.5. The van der Waals surface area contributed by atoms with E-state index >= 15 is 0 Å². The average Bonchev–Trinajstić information content (AvgIpc) is 3.39. The molecule has 2 amide bonds. The highest BCUT2D eigenvalue weighted by Crippen LogP contribution is 2.44. The Morgan fingerprint density at radius 1 is 1.03 bits per heavy atom. The van der Waals surface area contributed by atoms with Gasteiger partial charge in [0.05, 0.1) is 6.10 Å². The van der Waals surface area contributed by atoms with Crippen LogP contribution in [0.5, 0.6) is 0 Å². The second-order valence-corrected chi connectivity index (χ2v) is 9.32. The fourth-order valence-electron chi connectivity index (χ4n) is 5.47. The van der Waals surface area contributed by atoms with Crippen LogP contribution < -0.4 is 5.32 Å². The van der Waals surface area contributed by atoms with Gasteiger partial charge in [0.2, 0.25) is 5.91 Å². The van der Waals surface area contributed by atoms with E-state index in [1.807, 2.05) is 24.3 Å². The van der Waals surface area contributed by atoms with Gasteiger partial charge in [0.25, 0.3) is 0 Å². The second-order valence-electron chi connectivity index (χ2n) is 9.32. The molecule has 0 bridgehead atoms. The predicted molar refractivity (Wildman–Crippen MR) is 123 cm³/mol. The Bertz CT molecular complexity index is 1080. The Labute approximate surface area is 197 Å². The van der Waals surface area contributed by atoms with Crippen molar-refractivity contribution in [2.75, 3.05) is 26.8 Å². The van der Waals surface area contributed by atoms with Gasteiger partial charge < -0.3 is 24.8 Å². The summed E-state index contributed by atoms with van der Waals surface area (Å²) < 4.78 is 10.9. The van der Waals surface area contributed by atoms with Crippen LogP contribution in [0.4, 0.5) is 4.79 Å². The third-order valence-corrected chi connectivity index (χ3v) is 7.47. The molecular formula is C26H28N2O6. The lowest BCUT2D eigenvalue weighted by Crippen LogP contribution is -2.63. The first-order valence-electron chi connectivity index (χ1n) is 11.6. The van der Waals surface area contributed by atoms with Crippen LogP contribution in [0.25, 0.3) is 11.1 Å². The molecule has 5 rings (SSSR count). The van der Waals surface area contributed by atoms with Crippen LogP contribution in [0.2, 0.25) is 0 Å². The van der Waals surface area contributed by atoms with Crippen molar-refractivity contribution in [3.8, 4) is 11.1 Å². The third kappa shape index (κ3) is 3.72. The van der Waals surface area contributed by atoms with Crippen LogP contribution in [0, 0.1) is 5.92 Å². The van der Waals surface area contributed by atoms with Gasteiger partial charge in [-0.1, -0.05) is 48.5 Å². The van der Waals surface area contributed by atoms with E-state index in [-0.39, 0.29) is 31.5 Å². The van der Waals surface area contributed by atoms with E-state index in [0.29, 0.717) is 12.8 Å². The van der Waals surface area contributed by atoms with E-state index in [2.05, 4.69) is 29.6 Å². The Morgan fingerprint density at radius 3 is 2.15 bits per heavy atom. The van der Waals surface area contributed by atoms with E-state index in [1.165, 1.54) is 12.0 Å². The fourth-order valence-corrected chi connectivity index (χ4v) is 5.47. The molecule has 2 aromatic rings. The molecule has 8 heteroatoms. The SMILES string of the molecule is COC1CN(C(=O)C2(NC(=O)OCC3c4ccccc4-c4ccccc43)CCC2)CC1C(=O)O. The summed E-state index contributed by atoms with van der Waals surface area (Å²) in [6.07, 6.45) is 0.614. The smallest absolute Gasteiger partial charge is 0.408 e. The van der Waals surface area contributed by atoms with Crippen molar-refractivity contribution in [2.24, 2.45) is 5.92 Å². The van der Waals surface area contributed by atoms with Crippen molar-refractivity contribution in [3.63, 3.8) is 0 Å². The molecule has 2 fully saturated rings. The number of benzene rings is 2. The number of nitrogens with zero attached hydrogens (tertiary/aromatic N) is 1. The molecule has 2 aromatic carbocycles. The number of hydrogen-bond donors (Lipinski definition) is 2. The summed E-state index contributed by atoms with van der Waals surface area (Å²) in [6, 6.07) is 16.2. The second kappa shape index (κ2) is 8.76. The number of carboxylic acid groups (broad SMARTS) is 1. The number of hydrogen-bond acceptors (Lipinski definition) is 5. The average molecular weight is 465 g/mol. The van der Waals surface area contributed by atoms with Crippen molar-refractivity contribution in [1.29, 1.82) is 0 Å². The lowest BCUT2D eigenvalue weighted by atomic mass is 9.75. The molecule has 0 aromatic heterocycles. The Hall–Kier alpha value is -3.39. The Balaban J connectivity index is 1.26. The van der Waals surface area contributed by atoms with Crippen molar-refractivity contribution in [2.45, 2.75) is 36.8 Å². The third-order valence-electron chi connectivity index (χ3n) is 7.47. The number of nitrogens with one attached hydrogen (secondary N) is 1. The number of alkyl carbamates (subject to hydrolysis) is 1. The molecule has 34 heavy (non-hydrogen) atoms. The zero-order chi connectivity index (χ0) is 23.9. The van der Waals surface area contributed by atoms with Crippen LogP contribution in [0.3, 0.4) is 0 Å². The number of amides is 2. The summed E-state index contributed by atoms with van der Waals surface area (Å²) in [5.74, 6) is -2.10. The Morgan fingerprint density at radius 2 is 1.65 bits per heavy atom. The molecule has 8 nitrogen and oxygen atoms in total. The van der Waals surface area contributed by atoms with Gasteiger partial charge in [0.15, 0.2) is 0 Å². The minimum atomic E-state index is -1.05. The monoisotopic (exact) mass is 464 g/mol. The molecule has 1 saturated carbocycles. The highest BCUT2D eigenvalue weighted by Gasteiger charge is 2.51. The summed E-state index contributed by atoms with van der Waals surface area (Å²) in [6.45, 7) is 0.432. The van der Waals surface area contributed by atoms with Crippen molar-refractivity contribution >= 4 is 18.0 Å². The molecule has 1 heterocycles. The van der Waals surface area contributed by atoms with Gasteiger partial charge >= 0.3 is 12.1 Å². The zero-order valence-electron chi connectivity index (χ0n) is 19.0. The maximum Gasteiger partial charge on any atom is 0.408 e. The van der Waals surface area contributed by atoms with Gasteiger partial charge in [-0.05, 0) is 41.5 Å². The topological polar surface area (TPSA) is 105 Å². The number of carbonyl (C=O) groups excluding carboxylic acids is 2. The number of likely N-dealkylation sites (tertiary alicyclic amines) is 1. The van der Waals surface area contributed by atoms with E-state index in [1.54, 1.807) is 0 Å². The quantitative estimate of drug-likeness (QED) is 0.681. The summed E-state index contributed by atoms with van der Waals surface area (Å²) in [5.41, 5.74) is 3.48. The molecular weight excluding hydrogens is 436 g/mol. The highest BCUT2D eigenvalue weighted by molar-refractivity contribution is 5.92. The minimum Gasteiger partial charge on any atom is -0.481 e. The number of aliphatic carboxylic acids is 1. The first-order valence-corrected chi connectivity index (χ1v) is 11.6. The van der Waals surface area contributed by atoms with E-state index in [9.17, 15) is 19.5 Å². The molecule has 178 valence electrons. The van der Waals surface area contributed by atoms with E-state index in [4.69, 9.17) is 9.47 Å². The van der Waals surface area contributed by atoms with Crippen LogP contribution in [0.15, 0.2) is 48.5 Å². The first-order chi connectivity index (χ1) is 16.4. The predicted octanol–water partition coefficient (Wildman–Crippen LogP) is 3.01.